The highest BCUT2D eigenvalue weighted by Gasteiger charge is 2.17. The lowest BCUT2D eigenvalue weighted by molar-refractivity contribution is -0.130. The maximum atomic E-state index is 12.6. The smallest absolute Gasteiger partial charge is 0.233 e. The fraction of sp³-hybridized carbons (Fsp3) is 0.167. The first-order valence-corrected chi connectivity index (χ1v) is 8.78. The number of hydrogen-bond donors (Lipinski definition) is 0. The quantitative estimate of drug-likeness (QED) is 0.564. The number of amides is 1. The van der Waals surface area contributed by atoms with E-state index in [9.17, 15) is 4.79 Å². The second-order valence-electron chi connectivity index (χ2n) is 5.15. The van der Waals surface area contributed by atoms with Gasteiger partial charge in [-0.1, -0.05) is 11.6 Å². The predicted octanol–water partition coefficient (Wildman–Crippen LogP) is 4.85. The van der Waals surface area contributed by atoms with Crippen LogP contribution in [0.3, 0.4) is 0 Å². The van der Waals surface area contributed by atoms with Gasteiger partial charge in [0.25, 0.3) is 0 Å². The lowest BCUT2D eigenvalue weighted by atomic mass is 10.3. The third kappa shape index (κ3) is 4.69. The summed E-state index contributed by atoms with van der Waals surface area (Å²) in [5.41, 5.74) is 0. The minimum absolute atomic E-state index is 0.0164. The minimum atomic E-state index is 0.0164. The highest BCUT2D eigenvalue weighted by Crippen LogP contribution is 2.21. The molecule has 0 aliphatic rings. The summed E-state index contributed by atoms with van der Waals surface area (Å²) in [6.07, 6.45) is 3.21. The molecule has 2 heterocycles. The predicted molar refractivity (Wildman–Crippen MR) is 93.8 cm³/mol. The molecule has 0 saturated heterocycles. The molecule has 6 heteroatoms. The van der Waals surface area contributed by atoms with Crippen LogP contribution in [0.4, 0.5) is 0 Å². The van der Waals surface area contributed by atoms with Crippen LogP contribution in [0.15, 0.2) is 74.8 Å². The van der Waals surface area contributed by atoms with Gasteiger partial charge in [-0.3, -0.25) is 4.79 Å². The van der Waals surface area contributed by atoms with E-state index in [4.69, 9.17) is 20.4 Å². The van der Waals surface area contributed by atoms with Gasteiger partial charge < -0.3 is 13.7 Å². The number of benzene rings is 1. The number of thioether (sulfide) groups is 1. The Balaban J connectivity index is 1.64. The van der Waals surface area contributed by atoms with Crippen molar-refractivity contribution >= 4 is 29.3 Å². The van der Waals surface area contributed by atoms with Crippen molar-refractivity contribution in [1.29, 1.82) is 0 Å². The molecular weight excluding hydrogens is 346 g/mol. The van der Waals surface area contributed by atoms with Crippen LogP contribution in [-0.2, 0) is 17.9 Å². The summed E-state index contributed by atoms with van der Waals surface area (Å²) >= 11 is 7.36. The van der Waals surface area contributed by atoms with Crippen molar-refractivity contribution in [2.24, 2.45) is 0 Å². The number of carbonyl (C=O) groups excluding carboxylic acids is 1. The molecule has 0 aliphatic carbocycles. The summed E-state index contributed by atoms with van der Waals surface area (Å²) in [7, 11) is 0. The number of carbonyl (C=O) groups is 1. The van der Waals surface area contributed by atoms with Crippen molar-refractivity contribution < 1.29 is 13.6 Å². The molecule has 0 saturated carbocycles. The van der Waals surface area contributed by atoms with E-state index in [1.165, 1.54) is 11.8 Å². The average Bonchev–Trinajstić information content (AvgIpc) is 3.27. The molecule has 3 aromatic rings. The summed E-state index contributed by atoms with van der Waals surface area (Å²) in [4.78, 5) is 15.4. The number of rotatable bonds is 7. The van der Waals surface area contributed by atoms with Crippen molar-refractivity contribution in [1.82, 2.24) is 4.90 Å². The first kappa shape index (κ1) is 16.7. The molecule has 24 heavy (non-hydrogen) atoms. The Morgan fingerprint density at radius 3 is 2.04 bits per heavy atom. The molecule has 0 atom stereocenters. The monoisotopic (exact) mass is 361 g/mol. The Morgan fingerprint density at radius 2 is 1.54 bits per heavy atom. The third-order valence-electron chi connectivity index (χ3n) is 3.38. The zero-order valence-corrected chi connectivity index (χ0v) is 14.4. The summed E-state index contributed by atoms with van der Waals surface area (Å²) in [6, 6.07) is 14.8. The van der Waals surface area contributed by atoms with Gasteiger partial charge in [0.2, 0.25) is 5.91 Å². The first-order valence-electron chi connectivity index (χ1n) is 7.41. The molecule has 1 amide bonds. The molecule has 0 bridgehead atoms. The summed E-state index contributed by atoms with van der Waals surface area (Å²) < 4.78 is 10.7. The number of nitrogens with zero attached hydrogens (tertiary/aromatic N) is 1. The molecule has 0 aliphatic heterocycles. The highest BCUT2D eigenvalue weighted by atomic mass is 35.5. The lowest BCUT2D eigenvalue weighted by Gasteiger charge is -2.20. The Morgan fingerprint density at radius 1 is 0.958 bits per heavy atom. The average molecular weight is 362 g/mol. The van der Waals surface area contributed by atoms with Gasteiger partial charge >= 0.3 is 0 Å². The van der Waals surface area contributed by atoms with Crippen molar-refractivity contribution in [3.05, 3.63) is 77.6 Å². The highest BCUT2D eigenvalue weighted by molar-refractivity contribution is 8.00. The van der Waals surface area contributed by atoms with Crippen LogP contribution in [0.5, 0.6) is 0 Å². The van der Waals surface area contributed by atoms with Crippen molar-refractivity contribution in [3.8, 4) is 0 Å². The van der Waals surface area contributed by atoms with Crippen LogP contribution in [0.25, 0.3) is 0 Å². The van der Waals surface area contributed by atoms with Gasteiger partial charge in [0, 0.05) is 9.92 Å². The Labute approximate surface area is 149 Å². The standard InChI is InChI=1S/C18H16ClNO3S/c19-14-5-7-17(8-6-14)24-13-18(21)20(11-15-3-1-9-22-15)12-16-4-2-10-23-16/h1-10H,11-13H2. The van der Waals surface area contributed by atoms with E-state index in [0.29, 0.717) is 23.9 Å². The van der Waals surface area contributed by atoms with E-state index >= 15 is 0 Å². The minimum Gasteiger partial charge on any atom is -0.467 e. The molecular formula is C18H16ClNO3S. The van der Waals surface area contributed by atoms with E-state index in [1.54, 1.807) is 17.4 Å². The summed E-state index contributed by atoms with van der Waals surface area (Å²) in [6.45, 7) is 0.821. The van der Waals surface area contributed by atoms with Crippen LogP contribution >= 0.6 is 23.4 Å². The zero-order chi connectivity index (χ0) is 16.8. The van der Waals surface area contributed by atoms with Gasteiger partial charge in [-0.2, -0.15) is 0 Å². The van der Waals surface area contributed by atoms with Gasteiger partial charge in [0.05, 0.1) is 31.4 Å². The van der Waals surface area contributed by atoms with Crippen LogP contribution in [0, 0.1) is 0 Å². The lowest BCUT2D eigenvalue weighted by Crippen LogP contribution is -2.31. The van der Waals surface area contributed by atoms with Gasteiger partial charge in [-0.25, -0.2) is 0 Å². The van der Waals surface area contributed by atoms with E-state index < -0.39 is 0 Å². The number of hydrogen-bond acceptors (Lipinski definition) is 4. The van der Waals surface area contributed by atoms with E-state index in [1.807, 2.05) is 48.5 Å². The van der Waals surface area contributed by atoms with Crippen molar-refractivity contribution in [2.45, 2.75) is 18.0 Å². The Kier molecular flexibility index (Phi) is 5.67. The van der Waals surface area contributed by atoms with Gasteiger partial charge in [-0.15, -0.1) is 11.8 Å². The molecule has 124 valence electrons. The molecule has 2 aromatic heterocycles. The topological polar surface area (TPSA) is 46.6 Å². The number of furan rings is 2. The van der Waals surface area contributed by atoms with E-state index in [0.717, 1.165) is 16.4 Å². The molecule has 0 N–H and O–H groups in total. The fourth-order valence-corrected chi connectivity index (χ4v) is 3.11. The first-order chi connectivity index (χ1) is 11.7. The van der Waals surface area contributed by atoms with Crippen LogP contribution in [0.1, 0.15) is 11.5 Å². The van der Waals surface area contributed by atoms with Crippen LogP contribution in [0.2, 0.25) is 5.02 Å². The van der Waals surface area contributed by atoms with E-state index in [-0.39, 0.29) is 5.91 Å². The normalized spacial score (nSPS) is 10.7. The Hall–Kier alpha value is -2.11. The van der Waals surface area contributed by atoms with E-state index in [2.05, 4.69) is 0 Å². The Bertz CT molecular complexity index is 718. The fourth-order valence-electron chi connectivity index (χ4n) is 2.18. The molecule has 0 fully saturated rings. The molecule has 0 spiro atoms. The summed E-state index contributed by atoms with van der Waals surface area (Å²) in [5.74, 6) is 1.84. The molecule has 4 nitrogen and oxygen atoms in total. The van der Waals surface area contributed by atoms with Crippen LogP contribution in [-0.4, -0.2) is 16.6 Å². The maximum absolute atomic E-state index is 12.6. The van der Waals surface area contributed by atoms with Gasteiger partial charge in [0.15, 0.2) is 0 Å². The third-order valence-corrected chi connectivity index (χ3v) is 4.63. The largest absolute Gasteiger partial charge is 0.467 e. The second-order valence-corrected chi connectivity index (χ2v) is 6.64. The molecule has 1 aromatic carbocycles. The van der Waals surface area contributed by atoms with Crippen molar-refractivity contribution in [2.75, 3.05) is 5.75 Å². The van der Waals surface area contributed by atoms with Gasteiger partial charge in [0.1, 0.15) is 11.5 Å². The second kappa shape index (κ2) is 8.13. The molecule has 0 unspecified atom stereocenters. The van der Waals surface area contributed by atoms with Crippen LogP contribution < -0.4 is 0 Å². The summed E-state index contributed by atoms with van der Waals surface area (Å²) in [5, 5.41) is 0.683. The molecule has 3 rings (SSSR count). The SMILES string of the molecule is O=C(CSc1ccc(Cl)cc1)N(Cc1ccco1)Cc1ccco1. The van der Waals surface area contributed by atoms with Gasteiger partial charge in [-0.05, 0) is 48.5 Å². The zero-order valence-electron chi connectivity index (χ0n) is 12.9. The maximum Gasteiger partial charge on any atom is 0.233 e. The number of halogens is 1. The molecule has 0 radical (unpaired) electrons. The van der Waals surface area contributed by atoms with Crippen molar-refractivity contribution in [3.63, 3.8) is 0 Å².